The lowest BCUT2D eigenvalue weighted by Gasteiger charge is -2.32. The smallest absolute Gasteiger partial charge is 0.224 e. The highest BCUT2D eigenvalue weighted by Gasteiger charge is 2.25. The summed E-state index contributed by atoms with van der Waals surface area (Å²) in [5.41, 5.74) is 5.03. The fourth-order valence-electron chi connectivity index (χ4n) is 4.38. The van der Waals surface area contributed by atoms with Crippen LogP contribution in [0.3, 0.4) is 0 Å². The van der Waals surface area contributed by atoms with Crippen LogP contribution in [0.25, 0.3) is 0 Å². The third kappa shape index (κ3) is 5.61. The number of nitrogens with zero attached hydrogens (tertiary/aromatic N) is 3. The first kappa shape index (κ1) is 21.3. The van der Waals surface area contributed by atoms with Crippen molar-refractivity contribution < 1.29 is 4.79 Å². The number of carbonyl (C=O) groups is 1. The predicted molar refractivity (Wildman–Crippen MR) is 124 cm³/mol. The standard InChI is InChI=1S/C26H32N4O/c1-20-7-3-4-10-24(20)18-29-13-6-11-25(19-29)26(31)28-16-22-8-5-9-23(15-22)17-30-14-12-27-21(30)2/h3-5,7-10,12,14-15,25H,6,11,13,16-19H2,1-2H3,(H,28,31). The van der Waals surface area contributed by atoms with Gasteiger partial charge in [-0.15, -0.1) is 0 Å². The van der Waals surface area contributed by atoms with Gasteiger partial charge < -0.3 is 9.88 Å². The first-order chi connectivity index (χ1) is 15.1. The normalized spacial score (nSPS) is 16.9. The highest BCUT2D eigenvalue weighted by Crippen LogP contribution is 2.20. The van der Waals surface area contributed by atoms with Crippen LogP contribution in [-0.4, -0.2) is 33.4 Å². The molecule has 4 rings (SSSR count). The first-order valence-electron chi connectivity index (χ1n) is 11.2. The number of nitrogens with one attached hydrogen (secondary N) is 1. The van der Waals surface area contributed by atoms with Crippen LogP contribution >= 0.6 is 0 Å². The van der Waals surface area contributed by atoms with Gasteiger partial charge in [-0.2, -0.15) is 0 Å². The summed E-state index contributed by atoms with van der Waals surface area (Å²) in [5, 5.41) is 3.18. The van der Waals surface area contributed by atoms with E-state index in [-0.39, 0.29) is 11.8 Å². The highest BCUT2D eigenvalue weighted by atomic mass is 16.1. The number of aryl methyl sites for hydroxylation is 2. The lowest BCUT2D eigenvalue weighted by atomic mass is 9.96. The van der Waals surface area contributed by atoms with Gasteiger partial charge in [-0.25, -0.2) is 4.98 Å². The van der Waals surface area contributed by atoms with Crippen molar-refractivity contribution in [1.29, 1.82) is 0 Å². The van der Waals surface area contributed by atoms with Gasteiger partial charge in [-0.1, -0.05) is 48.5 Å². The molecule has 1 saturated heterocycles. The molecule has 1 amide bonds. The van der Waals surface area contributed by atoms with E-state index in [2.05, 4.69) is 75.2 Å². The summed E-state index contributed by atoms with van der Waals surface area (Å²) in [5.74, 6) is 1.24. The average molecular weight is 417 g/mol. The summed E-state index contributed by atoms with van der Waals surface area (Å²) in [6, 6.07) is 17.0. The minimum atomic E-state index is 0.0644. The van der Waals surface area contributed by atoms with Crippen molar-refractivity contribution in [2.75, 3.05) is 13.1 Å². The zero-order chi connectivity index (χ0) is 21.6. The molecule has 0 saturated carbocycles. The number of benzene rings is 2. The molecule has 0 bridgehead atoms. The van der Waals surface area contributed by atoms with E-state index in [9.17, 15) is 4.79 Å². The zero-order valence-electron chi connectivity index (χ0n) is 18.6. The quantitative estimate of drug-likeness (QED) is 0.631. The molecule has 2 aromatic carbocycles. The van der Waals surface area contributed by atoms with Crippen molar-refractivity contribution in [3.05, 3.63) is 89.0 Å². The van der Waals surface area contributed by atoms with Gasteiger partial charge in [-0.05, 0) is 55.5 Å². The summed E-state index contributed by atoms with van der Waals surface area (Å²) in [7, 11) is 0. The van der Waals surface area contributed by atoms with Crippen LogP contribution in [0.4, 0.5) is 0 Å². The number of likely N-dealkylation sites (tertiary alicyclic amines) is 1. The number of hydrogen-bond donors (Lipinski definition) is 1. The van der Waals surface area contributed by atoms with Crippen LogP contribution in [0.1, 0.15) is 40.9 Å². The molecule has 0 aliphatic carbocycles. The van der Waals surface area contributed by atoms with E-state index in [1.54, 1.807) is 0 Å². The van der Waals surface area contributed by atoms with E-state index in [1.807, 2.05) is 19.3 Å². The van der Waals surface area contributed by atoms with Gasteiger partial charge in [-0.3, -0.25) is 9.69 Å². The maximum absolute atomic E-state index is 12.9. The van der Waals surface area contributed by atoms with Crippen molar-refractivity contribution >= 4 is 5.91 Å². The van der Waals surface area contributed by atoms with Gasteiger partial charge in [0.2, 0.25) is 5.91 Å². The van der Waals surface area contributed by atoms with Crippen LogP contribution in [0.2, 0.25) is 0 Å². The molecule has 1 aromatic heterocycles. The molecule has 1 N–H and O–H groups in total. The van der Waals surface area contributed by atoms with Crippen LogP contribution < -0.4 is 5.32 Å². The number of piperidine rings is 1. The SMILES string of the molecule is Cc1ccccc1CN1CCCC(C(=O)NCc2cccc(Cn3ccnc3C)c2)C1. The monoisotopic (exact) mass is 416 g/mol. The number of aromatic nitrogens is 2. The van der Waals surface area contributed by atoms with Crippen molar-refractivity contribution in [3.63, 3.8) is 0 Å². The average Bonchev–Trinajstić information content (AvgIpc) is 3.18. The number of hydrogen-bond acceptors (Lipinski definition) is 3. The lowest BCUT2D eigenvalue weighted by Crippen LogP contribution is -2.42. The van der Waals surface area contributed by atoms with E-state index in [0.29, 0.717) is 6.54 Å². The largest absolute Gasteiger partial charge is 0.352 e. The molecular formula is C26H32N4O. The molecule has 1 fully saturated rings. The summed E-state index contributed by atoms with van der Waals surface area (Å²) in [6.07, 6.45) is 5.86. The van der Waals surface area contributed by atoms with Gasteiger partial charge in [0, 0.05) is 38.6 Å². The minimum Gasteiger partial charge on any atom is -0.352 e. The van der Waals surface area contributed by atoms with Gasteiger partial charge in [0.15, 0.2) is 0 Å². The van der Waals surface area contributed by atoms with Crippen LogP contribution in [-0.2, 0) is 24.4 Å². The van der Waals surface area contributed by atoms with Crippen molar-refractivity contribution in [2.24, 2.45) is 5.92 Å². The second kappa shape index (κ2) is 9.92. The summed E-state index contributed by atoms with van der Waals surface area (Å²) < 4.78 is 2.13. The van der Waals surface area contributed by atoms with E-state index in [1.165, 1.54) is 16.7 Å². The molecule has 5 nitrogen and oxygen atoms in total. The summed E-state index contributed by atoms with van der Waals surface area (Å²) in [6.45, 7) is 8.36. The van der Waals surface area contributed by atoms with Gasteiger partial charge in [0.05, 0.1) is 5.92 Å². The fourth-order valence-corrected chi connectivity index (χ4v) is 4.38. The summed E-state index contributed by atoms with van der Waals surface area (Å²) in [4.78, 5) is 19.6. The Labute approximate surface area is 185 Å². The molecule has 2 heterocycles. The zero-order valence-corrected chi connectivity index (χ0v) is 18.6. The Balaban J connectivity index is 1.31. The fraction of sp³-hybridized carbons (Fsp3) is 0.385. The number of imidazole rings is 1. The molecular weight excluding hydrogens is 384 g/mol. The molecule has 1 unspecified atom stereocenters. The third-order valence-corrected chi connectivity index (χ3v) is 6.27. The molecule has 162 valence electrons. The van der Waals surface area contributed by atoms with E-state index >= 15 is 0 Å². The van der Waals surface area contributed by atoms with Gasteiger partial charge >= 0.3 is 0 Å². The highest BCUT2D eigenvalue weighted by molar-refractivity contribution is 5.79. The summed E-state index contributed by atoms with van der Waals surface area (Å²) >= 11 is 0. The topological polar surface area (TPSA) is 50.2 Å². The molecule has 31 heavy (non-hydrogen) atoms. The second-order valence-corrected chi connectivity index (χ2v) is 8.64. The number of amides is 1. The van der Waals surface area contributed by atoms with E-state index in [0.717, 1.165) is 50.4 Å². The molecule has 1 aliphatic rings. The Morgan fingerprint density at radius 2 is 1.94 bits per heavy atom. The third-order valence-electron chi connectivity index (χ3n) is 6.27. The molecule has 1 atom stereocenters. The Morgan fingerprint density at radius 3 is 2.74 bits per heavy atom. The van der Waals surface area contributed by atoms with Crippen molar-refractivity contribution in [2.45, 2.75) is 46.3 Å². The molecule has 1 aliphatic heterocycles. The molecule has 0 radical (unpaired) electrons. The van der Waals surface area contributed by atoms with Gasteiger partial charge in [0.25, 0.3) is 0 Å². The van der Waals surface area contributed by atoms with Crippen LogP contribution in [0.5, 0.6) is 0 Å². The van der Waals surface area contributed by atoms with Crippen LogP contribution in [0.15, 0.2) is 60.9 Å². The molecule has 5 heteroatoms. The Bertz CT molecular complexity index is 1030. The number of carbonyl (C=O) groups excluding carboxylic acids is 1. The van der Waals surface area contributed by atoms with E-state index in [4.69, 9.17) is 0 Å². The van der Waals surface area contributed by atoms with Crippen molar-refractivity contribution in [3.8, 4) is 0 Å². The molecule has 0 spiro atoms. The van der Waals surface area contributed by atoms with Gasteiger partial charge in [0.1, 0.15) is 5.82 Å². The lowest BCUT2D eigenvalue weighted by molar-refractivity contribution is -0.126. The Hall–Kier alpha value is -2.92. The maximum Gasteiger partial charge on any atom is 0.224 e. The first-order valence-corrected chi connectivity index (χ1v) is 11.2. The number of rotatable bonds is 7. The predicted octanol–water partition coefficient (Wildman–Crippen LogP) is 4.08. The Kier molecular flexibility index (Phi) is 6.82. The molecule has 3 aromatic rings. The van der Waals surface area contributed by atoms with Crippen LogP contribution in [0, 0.1) is 19.8 Å². The Morgan fingerprint density at radius 1 is 1.10 bits per heavy atom. The van der Waals surface area contributed by atoms with E-state index < -0.39 is 0 Å². The minimum absolute atomic E-state index is 0.0644. The van der Waals surface area contributed by atoms with Crippen molar-refractivity contribution in [1.82, 2.24) is 19.8 Å². The second-order valence-electron chi connectivity index (χ2n) is 8.64. The maximum atomic E-state index is 12.9.